The van der Waals surface area contributed by atoms with Crippen molar-refractivity contribution < 1.29 is 15.3 Å². The van der Waals surface area contributed by atoms with Crippen molar-refractivity contribution in [3.63, 3.8) is 0 Å². The number of hydrogen-bond donors (Lipinski definition) is 4. The summed E-state index contributed by atoms with van der Waals surface area (Å²) >= 11 is 1.47. The van der Waals surface area contributed by atoms with E-state index in [4.69, 9.17) is 5.73 Å². The maximum atomic E-state index is 10.1. The molecule has 0 aromatic carbocycles. The maximum absolute atomic E-state index is 10.1. The predicted octanol–water partition coefficient (Wildman–Crippen LogP) is -0.667. The lowest BCUT2D eigenvalue weighted by Gasteiger charge is -2.16. The van der Waals surface area contributed by atoms with Crippen LogP contribution in [0.5, 0.6) is 0 Å². The summed E-state index contributed by atoms with van der Waals surface area (Å²) in [7, 11) is 0. The molecular weight excluding hydrogens is 308 g/mol. The number of aliphatic hydroxyl groups is 3. The summed E-state index contributed by atoms with van der Waals surface area (Å²) in [6, 6.07) is -0.603. The Hall–Kier alpha value is -1.49. The second kappa shape index (κ2) is 5.95. The molecule has 2 aromatic rings. The first-order chi connectivity index (χ1) is 10.5. The van der Waals surface area contributed by atoms with E-state index in [-0.39, 0.29) is 12.2 Å². The van der Waals surface area contributed by atoms with E-state index in [1.807, 2.05) is 0 Å². The van der Waals surface area contributed by atoms with Crippen LogP contribution in [0.25, 0.3) is 11.2 Å². The summed E-state index contributed by atoms with van der Waals surface area (Å²) in [6.07, 6.45) is -2.21. The van der Waals surface area contributed by atoms with Crippen molar-refractivity contribution in [2.75, 3.05) is 11.5 Å². The zero-order valence-corrected chi connectivity index (χ0v) is 12.8. The first-order valence-corrected chi connectivity index (χ1v) is 8.07. The molecule has 1 saturated carbocycles. The summed E-state index contributed by atoms with van der Waals surface area (Å²) in [4.78, 5) is 8.58. The molecule has 10 heteroatoms. The SMILES string of the molecule is CCCSc1nc(N)c2nnn([C@@H]3C[C@H](O)[C@@H](O)[C@H]3O)c2n1. The van der Waals surface area contributed by atoms with E-state index < -0.39 is 24.4 Å². The third kappa shape index (κ3) is 2.51. The van der Waals surface area contributed by atoms with Crippen LogP contribution in [-0.2, 0) is 0 Å². The normalized spacial score (nSPS) is 28.5. The number of nitrogens with zero attached hydrogens (tertiary/aromatic N) is 5. The average Bonchev–Trinajstić information content (AvgIpc) is 3.02. The molecule has 3 rings (SSSR count). The van der Waals surface area contributed by atoms with Crippen molar-refractivity contribution in [1.29, 1.82) is 0 Å². The second-order valence-electron chi connectivity index (χ2n) is 5.30. The summed E-state index contributed by atoms with van der Waals surface area (Å²) < 4.78 is 1.41. The minimum absolute atomic E-state index is 0.169. The third-order valence-electron chi connectivity index (χ3n) is 3.70. The largest absolute Gasteiger partial charge is 0.390 e. The molecule has 2 heterocycles. The molecule has 0 unspecified atom stereocenters. The highest BCUT2D eigenvalue weighted by molar-refractivity contribution is 7.99. The van der Waals surface area contributed by atoms with Gasteiger partial charge in [-0.1, -0.05) is 23.9 Å². The van der Waals surface area contributed by atoms with Gasteiger partial charge < -0.3 is 21.1 Å². The highest BCUT2D eigenvalue weighted by Gasteiger charge is 2.43. The van der Waals surface area contributed by atoms with Gasteiger partial charge in [0.1, 0.15) is 12.2 Å². The molecule has 0 spiro atoms. The Morgan fingerprint density at radius 2 is 2.05 bits per heavy atom. The fraction of sp³-hybridized carbons (Fsp3) is 0.667. The van der Waals surface area contributed by atoms with Crippen LogP contribution in [0.1, 0.15) is 25.8 Å². The number of aromatic nitrogens is 5. The number of anilines is 1. The number of rotatable bonds is 4. The van der Waals surface area contributed by atoms with E-state index in [0.29, 0.717) is 16.3 Å². The zero-order valence-electron chi connectivity index (χ0n) is 12.0. The maximum Gasteiger partial charge on any atom is 0.191 e. The second-order valence-corrected chi connectivity index (χ2v) is 6.36. The molecule has 0 aliphatic heterocycles. The van der Waals surface area contributed by atoms with Crippen molar-refractivity contribution >= 4 is 28.7 Å². The Morgan fingerprint density at radius 3 is 2.68 bits per heavy atom. The van der Waals surface area contributed by atoms with E-state index in [2.05, 4.69) is 27.2 Å². The van der Waals surface area contributed by atoms with Crippen molar-refractivity contribution in [1.82, 2.24) is 25.0 Å². The smallest absolute Gasteiger partial charge is 0.191 e. The highest BCUT2D eigenvalue weighted by atomic mass is 32.2. The molecule has 120 valence electrons. The van der Waals surface area contributed by atoms with Crippen LogP contribution in [-0.4, -0.2) is 64.3 Å². The molecule has 1 aliphatic carbocycles. The van der Waals surface area contributed by atoms with Crippen molar-refractivity contribution in [2.24, 2.45) is 0 Å². The van der Waals surface area contributed by atoms with Crippen molar-refractivity contribution in [3.05, 3.63) is 0 Å². The van der Waals surface area contributed by atoms with Crippen molar-refractivity contribution in [2.45, 2.75) is 49.3 Å². The minimum Gasteiger partial charge on any atom is -0.390 e. The predicted molar refractivity (Wildman–Crippen MR) is 80.2 cm³/mol. The van der Waals surface area contributed by atoms with E-state index in [0.717, 1.165) is 12.2 Å². The molecule has 5 N–H and O–H groups in total. The van der Waals surface area contributed by atoms with Crippen LogP contribution in [0.3, 0.4) is 0 Å². The number of thioether (sulfide) groups is 1. The lowest BCUT2D eigenvalue weighted by atomic mass is 10.2. The van der Waals surface area contributed by atoms with Gasteiger partial charge in [-0.05, 0) is 6.42 Å². The van der Waals surface area contributed by atoms with Gasteiger partial charge in [-0.3, -0.25) is 0 Å². The van der Waals surface area contributed by atoms with Crippen LogP contribution < -0.4 is 5.73 Å². The van der Waals surface area contributed by atoms with E-state index in [9.17, 15) is 15.3 Å². The first-order valence-electron chi connectivity index (χ1n) is 7.08. The monoisotopic (exact) mass is 326 g/mol. The van der Waals surface area contributed by atoms with Gasteiger partial charge in [0.15, 0.2) is 22.1 Å². The molecule has 9 nitrogen and oxygen atoms in total. The summed E-state index contributed by atoms with van der Waals surface area (Å²) in [5, 5.41) is 37.9. The van der Waals surface area contributed by atoms with Gasteiger partial charge in [0, 0.05) is 12.2 Å². The van der Waals surface area contributed by atoms with Crippen LogP contribution in [0.15, 0.2) is 5.16 Å². The Kier molecular flexibility index (Phi) is 4.17. The van der Waals surface area contributed by atoms with Crippen LogP contribution in [0, 0.1) is 0 Å². The number of aliphatic hydroxyl groups excluding tert-OH is 3. The van der Waals surface area contributed by atoms with Gasteiger partial charge in [0.05, 0.1) is 12.1 Å². The van der Waals surface area contributed by atoms with E-state index >= 15 is 0 Å². The average molecular weight is 326 g/mol. The van der Waals surface area contributed by atoms with Gasteiger partial charge in [-0.25, -0.2) is 14.6 Å². The van der Waals surface area contributed by atoms with E-state index in [1.165, 1.54) is 16.4 Å². The Bertz CT molecular complexity index is 680. The number of hydrogen-bond acceptors (Lipinski definition) is 9. The standard InChI is InChI=1S/C12H18N6O3S/c1-2-3-22-12-14-10(13)7-11(15-12)18(17-16-7)5-4-6(19)9(21)8(5)20/h5-6,8-9,19-21H,2-4H2,1H3,(H2,13,14,15)/t5-,6+,8+,9-/m1/s1. The van der Waals surface area contributed by atoms with Gasteiger partial charge in [-0.2, -0.15) is 0 Å². The molecule has 22 heavy (non-hydrogen) atoms. The fourth-order valence-corrected chi connectivity index (χ4v) is 3.24. The molecule has 1 fully saturated rings. The van der Waals surface area contributed by atoms with Gasteiger partial charge in [-0.15, -0.1) is 5.10 Å². The molecule has 0 radical (unpaired) electrons. The van der Waals surface area contributed by atoms with Gasteiger partial charge in [0.2, 0.25) is 0 Å². The molecule has 2 aromatic heterocycles. The summed E-state index contributed by atoms with van der Waals surface area (Å²) in [6.45, 7) is 2.05. The van der Waals surface area contributed by atoms with Crippen LogP contribution in [0.4, 0.5) is 5.82 Å². The molecule has 0 amide bonds. The number of nitrogens with two attached hydrogens (primary N) is 1. The van der Waals surface area contributed by atoms with Crippen molar-refractivity contribution in [3.8, 4) is 0 Å². The van der Waals surface area contributed by atoms with Gasteiger partial charge in [0.25, 0.3) is 0 Å². The Balaban J connectivity index is 2.02. The molecule has 0 bridgehead atoms. The van der Waals surface area contributed by atoms with Crippen LogP contribution in [0.2, 0.25) is 0 Å². The Morgan fingerprint density at radius 1 is 1.27 bits per heavy atom. The summed E-state index contributed by atoms with van der Waals surface area (Å²) in [5.41, 5.74) is 6.64. The summed E-state index contributed by atoms with van der Waals surface area (Å²) in [5.74, 6) is 1.08. The van der Waals surface area contributed by atoms with E-state index in [1.54, 1.807) is 0 Å². The zero-order chi connectivity index (χ0) is 15.9. The molecular formula is C12H18N6O3S. The Labute approximate surface area is 130 Å². The topological polar surface area (TPSA) is 143 Å². The van der Waals surface area contributed by atoms with Crippen LogP contribution >= 0.6 is 11.8 Å². The molecule has 1 aliphatic rings. The highest BCUT2D eigenvalue weighted by Crippen LogP contribution is 2.33. The lowest BCUT2D eigenvalue weighted by Crippen LogP contribution is -2.31. The third-order valence-corrected chi connectivity index (χ3v) is 4.75. The minimum atomic E-state index is -1.21. The molecule has 4 atom stereocenters. The number of nitrogen functional groups attached to an aromatic ring is 1. The van der Waals surface area contributed by atoms with Gasteiger partial charge >= 0.3 is 0 Å². The fourth-order valence-electron chi connectivity index (χ4n) is 2.54. The first kappa shape index (κ1) is 15.4. The number of fused-ring (bicyclic) bond motifs is 1. The quantitative estimate of drug-likeness (QED) is 0.425. The lowest BCUT2D eigenvalue weighted by molar-refractivity contribution is -0.0253. The molecule has 0 saturated heterocycles.